The van der Waals surface area contributed by atoms with Crippen molar-refractivity contribution in [2.75, 3.05) is 20.3 Å². The topological polar surface area (TPSA) is 38.7 Å². The van der Waals surface area contributed by atoms with E-state index in [1.54, 1.807) is 7.11 Å². The molecule has 0 aliphatic carbocycles. The van der Waals surface area contributed by atoms with Crippen LogP contribution in [-0.2, 0) is 11.3 Å². The molecule has 96 valence electrons. The molecule has 0 spiro atoms. The molecule has 0 bridgehead atoms. The molecule has 3 heteroatoms. The Kier molecular flexibility index (Phi) is 7.43. The third kappa shape index (κ3) is 6.29. The zero-order valence-electron chi connectivity index (χ0n) is 10.5. The maximum Gasteiger partial charge on any atom is 0.119 e. The van der Waals surface area contributed by atoms with Gasteiger partial charge in [-0.15, -0.1) is 0 Å². The highest BCUT2D eigenvalue weighted by atomic mass is 16.5. The van der Waals surface area contributed by atoms with E-state index in [1.165, 1.54) is 12.8 Å². The molecule has 1 aromatic carbocycles. The molecule has 0 saturated heterocycles. The van der Waals surface area contributed by atoms with Gasteiger partial charge in [0.15, 0.2) is 0 Å². The molecule has 3 nitrogen and oxygen atoms in total. The molecule has 1 N–H and O–H groups in total. The van der Waals surface area contributed by atoms with Crippen LogP contribution in [0.5, 0.6) is 5.75 Å². The van der Waals surface area contributed by atoms with E-state index < -0.39 is 0 Å². The number of aliphatic hydroxyl groups excluding tert-OH is 1. The van der Waals surface area contributed by atoms with Gasteiger partial charge < -0.3 is 14.6 Å². The summed E-state index contributed by atoms with van der Waals surface area (Å²) in [6.45, 7) is 1.69. The Hall–Kier alpha value is -1.06. The summed E-state index contributed by atoms with van der Waals surface area (Å²) in [4.78, 5) is 0. The second-order valence-corrected chi connectivity index (χ2v) is 4.06. The second-order valence-electron chi connectivity index (χ2n) is 4.06. The predicted octanol–water partition coefficient (Wildman–Crippen LogP) is 2.76. The Balaban J connectivity index is 2.05. The van der Waals surface area contributed by atoms with Crippen molar-refractivity contribution in [3.63, 3.8) is 0 Å². The van der Waals surface area contributed by atoms with Gasteiger partial charge in [-0.3, -0.25) is 0 Å². The van der Waals surface area contributed by atoms with Crippen LogP contribution < -0.4 is 4.74 Å². The van der Waals surface area contributed by atoms with Gasteiger partial charge in [0.05, 0.1) is 13.2 Å². The van der Waals surface area contributed by atoms with E-state index in [1.807, 2.05) is 24.3 Å². The van der Waals surface area contributed by atoms with Crippen LogP contribution >= 0.6 is 0 Å². The van der Waals surface area contributed by atoms with E-state index in [2.05, 4.69) is 0 Å². The summed E-state index contributed by atoms with van der Waals surface area (Å²) in [6.07, 6.45) is 4.58. The van der Waals surface area contributed by atoms with Crippen molar-refractivity contribution < 1.29 is 14.6 Å². The van der Waals surface area contributed by atoms with Crippen LogP contribution in [0, 0.1) is 0 Å². The predicted molar refractivity (Wildman–Crippen MR) is 68.2 cm³/mol. The highest BCUT2D eigenvalue weighted by Crippen LogP contribution is 2.12. The molecule has 0 heterocycles. The lowest BCUT2D eigenvalue weighted by atomic mass is 10.2. The van der Waals surface area contributed by atoms with Gasteiger partial charge in [-0.05, 0) is 37.0 Å². The Morgan fingerprint density at radius 2 is 1.59 bits per heavy atom. The molecule has 0 saturated carbocycles. The van der Waals surface area contributed by atoms with E-state index in [4.69, 9.17) is 14.6 Å². The summed E-state index contributed by atoms with van der Waals surface area (Å²) >= 11 is 0. The van der Waals surface area contributed by atoms with Crippen LogP contribution in [0.3, 0.4) is 0 Å². The lowest BCUT2D eigenvalue weighted by Crippen LogP contribution is -1.98. The maximum atomic E-state index is 8.89. The van der Waals surface area contributed by atoms with Crippen LogP contribution in [0.4, 0.5) is 0 Å². The van der Waals surface area contributed by atoms with Crippen LogP contribution in [0.2, 0.25) is 0 Å². The summed E-state index contributed by atoms with van der Waals surface area (Å²) in [5.41, 5.74) is 0.914. The van der Waals surface area contributed by atoms with Crippen molar-refractivity contribution in [3.8, 4) is 5.75 Å². The van der Waals surface area contributed by atoms with Gasteiger partial charge in [-0.2, -0.15) is 0 Å². The number of hydrogen-bond donors (Lipinski definition) is 1. The molecule has 0 atom stereocenters. The van der Waals surface area contributed by atoms with Crippen LogP contribution in [0.25, 0.3) is 0 Å². The number of rotatable bonds is 9. The Labute approximate surface area is 103 Å². The number of methoxy groups -OCH3 is 1. The molecule has 0 unspecified atom stereocenters. The minimum atomic E-state index is 0.0831. The van der Waals surface area contributed by atoms with Crippen molar-refractivity contribution in [3.05, 3.63) is 29.8 Å². The summed E-state index contributed by atoms with van der Waals surface area (Å²) in [6, 6.07) is 7.56. The minimum absolute atomic E-state index is 0.0831. The molecular formula is C14H22O3. The monoisotopic (exact) mass is 238 g/mol. The fourth-order valence-electron chi connectivity index (χ4n) is 1.58. The van der Waals surface area contributed by atoms with E-state index in [9.17, 15) is 0 Å². The fraction of sp³-hybridized carbons (Fsp3) is 0.571. The summed E-state index contributed by atoms with van der Waals surface area (Å²) in [7, 11) is 1.74. The minimum Gasteiger partial charge on any atom is -0.494 e. The number of aliphatic hydroxyl groups is 1. The smallest absolute Gasteiger partial charge is 0.119 e. The molecule has 0 aliphatic heterocycles. The molecule has 17 heavy (non-hydrogen) atoms. The van der Waals surface area contributed by atoms with Gasteiger partial charge in [0.1, 0.15) is 5.75 Å². The molecule has 0 radical (unpaired) electrons. The van der Waals surface area contributed by atoms with Crippen LogP contribution in [-0.4, -0.2) is 25.4 Å². The largest absolute Gasteiger partial charge is 0.494 e. The van der Waals surface area contributed by atoms with E-state index in [-0.39, 0.29) is 6.61 Å². The number of hydrogen-bond acceptors (Lipinski definition) is 3. The van der Waals surface area contributed by atoms with Gasteiger partial charge in [0.2, 0.25) is 0 Å². The molecule has 0 aliphatic rings. The van der Waals surface area contributed by atoms with E-state index in [0.717, 1.165) is 37.4 Å². The third-order valence-electron chi connectivity index (χ3n) is 2.62. The van der Waals surface area contributed by atoms with Crippen molar-refractivity contribution >= 4 is 0 Å². The number of unbranched alkanes of at least 4 members (excludes halogenated alkanes) is 3. The van der Waals surface area contributed by atoms with Gasteiger partial charge in [0.25, 0.3) is 0 Å². The first-order valence-electron chi connectivity index (χ1n) is 6.18. The molecule has 0 fully saturated rings. The highest BCUT2D eigenvalue weighted by Gasteiger charge is 1.95. The van der Waals surface area contributed by atoms with Gasteiger partial charge in [-0.1, -0.05) is 18.6 Å². The Morgan fingerprint density at radius 1 is 0.941 bits per heavy atom. The first-order valence-corrected chi connectivity index (χ1v) is 6.18. The van der Waals surface area contributed by atoms with Crippen molar-refractivity contribution in [2.24, 2.45) is 0 Å². The number of ether oxygens (including phenoxy) is 2. The standard InChI is InChI=1S/C14H22O3/c1-16-10-4-2-3-5-11-17-14-8-6-13(12-15)7-9-14/h6-9,15H,2-5,10-12H2,1H3. The molecule has 0 amide bonds. The lowest BCUT2D eigenvalue weighted by molar-refractivity contribution is 0.191. The average molecular weight is 238 g/mol. The Bertz CT molecular complexity index is 282. The van der Waals surface area contributed by atoms with Gasteiger partial charge >= 0.3 is 0 Å². The zero-order chi connectivity index (χ0) is 12.3. The van der Waals surface area contributed by atoms with E-state index in [0.29, 0.717) is 0 Å². The molecule has 1 rings (SSSR count). The van der Waals surface area contributed by atoms with E-state index >= 15 is 0 Å². The quantitative estimate of drug-likeness (QED) is 0.672. The zero-order valence-corrected chi connectivity index (χ0v) is 10.5. The summed E-state index contributed by atoms with van der Waals surface area (Å²) in [5.74, 6) is 0.874. The SMILES string of the molecule is COCCCCCCOc1ccc(CO)cc1. The van der Waals surface area contributed by atoms with Crippen LogP contribution in [0.1, 0.15) is 31.2 Å². The number of benzene rings is 1. The lowest BCUT2D eigenvalue weighted by Gasteiger charge is -2.06. The average Bonchev–Trinajstić information content (AvgIpc) is 2.38. The molecule has 0 aromatic heterocycles. The summed E-state index contributed by atoms with van der Waals surface area (Å²) < 4.78 is 10.6. The first-order chi connectivity index (χ1) is 8.36. The molecule has 1 aromatic rings. The van der Waals surface area contributed by atoms with Gasteiger partial charge in [-0.25, -0.2) is 0 Å². The maximum absolute atomic E-state index is 8.89. The van der Waals surface area contributed by atoms with Crippen LogP contribution in [0.15, 0.2) is 24.3 Å². The van der Waals surface area contributed by atoms with Crippen molar-refractivity contribution in [1.82, 2.24) is 0 Å². The van der Waals surface area contributed by atoms with Crippen molar-refractivity contribution in [2.45, 2.75) is 32.3 Å². The van der Waals surface area contributed by atoms with Gasteiger partial charge in [0, 0.05) is 13.7 Å². The normalized spacial score (nSPS) is 10.5. The summed E-state index contributed by atoms with van der Waals surface area (Å²) in [5, 5.41) is 8.89. The first kappa shape index (κ1) is 14.0. The Morgan fingerprint density at radius 3 is 2.18 bits per heavy atom. The fourth-order valence-corrected chi connectivity index (χ4v) is 1.58. The highest BCUT2D eigenvalue weighted by molar-refractivity contribution is 5.26. The third-order valence-corrected chi connectivity index (χ3v) is 2.62. The van der Waals surface area contributed by atoms with Crippen molar-refractivity contribution in [1.29, 1.82) is 0 Å². The molecular weight excluding hydrogens is 216 g/mol. The second kappa shape index (κ2) is 9.02.